The number of fused-ring (bicyclic) bond motifs is 3. The smallest absolute Gasteiger partial charge is 0.119 e. The highest BCUT2D eigenvalue weighted by molar-refractivity contribution is 6.42. The third kappa shape index (κ3) is 3.21. The molecule has 0 fully saturated rings. The van der Waals surface area contributed by atoms with Crippen LogP contribution in [0.3, 0.4) is 0 Å². The molecular formula is C22H23Cl2NO. The Morgan fingerprint density at radius 1 is 1.15 bits per heavy atom. The zero-order valence-electron chi connectivity index (χ0n) is 15.0. The summed E-state index contributed by atoms with van der Waals surface area (Å²) in [6.07, 6.45) is 5.63. The maximum Gasteiger partial charge on any atom is 0.119 e. The molecule has 0 saturated carbocycles. The molecule has 2 aliphatic rings. The average molecular weight is 388 g/mol. The molecule has 0 bridgehead atoms. The quantitative estimate of drug-likeness (QED) is 0.578. The van der Waals surface area contributed by atoms with Gasteiger partial charge in [0.1, 0.15) is 5.75 Å². The van der Waals surface area contributed by atoms with E-state index in [9.17, 15) is 0 Å². The van der Waals surface area contributed by atoms with Gasteiger partial charge in [-0.25, -0.2) is 0 Å². The number of anilines is 1. The molecule has 4 rings (SSSR count). The Balaban J connectivity index is 1.69. The summed E-state index contributed by atoms with van der Waals surface area (Å²) in [5.74, 6) is 2.25. The largest absolute Gasteiger partial charge is 0.493 e. The molecule has 3 atom stereocenters. The molecule has 3 unspecified atom stereocenters. The zero-order valence-corrected chi connectivity index (χ0v) is 16.5. The highest BCUT2D eigenvalue weighted by atomic mass is 35.5. The third-order valence-electron chi connectivity index (χ3n) is 5.23. The first-order chi connectivity index (χ1) is 12.5. The fourth-order valence-corrected chi connectivity index (χ4v) is 4.42. The molecule has 0 spiro atoms. The maximum absolute atomic E-state index is 6.53. The van der Waals surface area contributed by atoms with Gasteiger partial charge in [0.15, 0.2) is 0 Å². The van der Waals surface area contributed by atoms with Crippen molar-refractivity contribution >= 4 is 28.9 Å². The summed E-state index contributed by atoms with van der Waals surface area (Å²) < 4.78 is 5.94. The Bertz CT molecular complexity index is 846. The van der Waals surface area contributed by atoms with E-state index in [-0.39, 0.29) is 6.04 Å². The summed E-state index contributed by atoms with van der Waals surface area (Å²) in [5.41, 5.74) is 3.53. The summed E-state index contributed by atoms with van der Waals surface area (Å²) in [6.45, 7) is 5.06. The van der Waals surface area contributed by atoms with Crippen molar-refractivity contribution in [2.24, 2.45) is 11.8 Å². The topological polar surface area (TPSA) is 21.3 Å². The van der Waals surface area contributed by atoms with Crippen molar-refractivity contribution < 1.29 is 4.74 Å². The van der Waals surface area contributed by atoms with Crippen molar-refractivity contribution in [1.82, 2.24) is 0 Å². The Hall–Kier alpha value is -1.64. The SMILES string of the molecule is CC(C)COc1ccc2c(c1)C1C=CCC1C(c1cccc(Cl)c1Cl)N2. The van der Waals surface area contributed by atoms with Gasteiger partial charge >= 0.3 is 0 Å². The monoisotopic (exact) mass is 387 g/mol. The number of ether oxygens (including phenoxy) is 1. The first-order valence-electron chi connectivity index (χ1n) is 9.18. The zero-order chi connectivity index (χ0) is 18.3. The molecule has 1 N–H and O–H groups in total. The first-order valence-corrected chi connectivity index (χ1v) is 9.94. The van der Waals surface area contributed by atoms with Gasteiger partial charge in [0.25, 0.3) is 0 Å². The molecule has 1 aliphatic carbocycles. The number of nitrogens with one attached hydrogen (secondary N) is 1. The molecule has 4 heteroatoms. The van der Waals surface area contributed by atoms with Crippen LogP contribution >= 0.6 is 23.2 Å². The van der Waals surface area contributed by atoms with Gasteiger partial charge in [-0.3, -0.25) is 0 Å². The lowest BCUT2D eigenvalue weighted by molar-refractivity contribution is 0.270. The number of hydrogen-bond donors (Lipinski definition) is 1. The molecule has 2 aromatic rings. The molecule has 2 nitrogen and oxygen atoms in total. The van der Waals surface area contributed by atoms with Gasteiger partial charge in [0.2, 0.25) is 0 Å². The van der Waals surface area contributed by atoms with E-state index in [4.69, 9.17) is 27.9 Å². The fourth-order valence-electron chi connectivity index (χ4n) is 3.99. The van der Waals surface area contributed by atoms with Crippen molar-refractivity contribution in [1.29, 1.82) is 0 Å². The normalized spacial score (nSPS) is 23.5. The molecular weight excluding hydrogens is 365 g/mol. The van der Waals surface area contributed by atoms with Gasteiger partial charge in [-0.05, 0) is 53.6 Å². The number of allylic oxidation sites excluding steroid dienone is 2. The van der Waals surface area contributed by atoms with E-state index >= 15 is 0 Å². The molecule has 0 amide bonds. The van der Waals surface area contributed by atoms with Crippen LogP contribution in [0.2, 0.25) is 10.0 Å². The second-order valence-corrected chi connectivity index (χ2v) is 8.36. The molecule has 2 aromatic carbocycles. The van der Waals surface area contributed by atoms with Gasteiger partial charge < -0.3 is 10.1 Å². The van der Waals surface area contributed by atoms with Crippen LogP contribution in [0.25, 0.3) is 0 Å². The maximum atomic E-state index is 6.53. The summed E-state index contributed by atoms with van der Waals surface area (Å²) in [7, 11) is 0. The van der Waals surface area contributed by atoms with E-state index in [1.807, 2.05) is 18.2 Å². The second-order valence-electron chi connectivity index (χ2n) is 7.57. The van der Waals surface area contributed by atoms with E-state index in [0.717, 1.165) is 30.0 Å². The summed E-state index contributed by atoms with van der Waals surface area (Å²) in [5, 5.41) is 4.96. The third-order valence-corrected chi connectivity index (χ3v) is 6.07. The lowest BCUT2D eigenvalue weighted by atomic mass is 9.77. The molecule has 0 radical (unpaired) electrons. The Labute approximate surface area is 165 Å². The summed E-state index contributed by atoms with van der Waals surface area (Å²) in [4.78, 5) is 0. The van der Waals surface area contributed by atoms with Crippen molar-refractivity contribution in [3.05, 3.63) is 69.7 Å². The minimum Gasteiger partial charge on any atom is -0.493 e. The van der Waals surface area contributed by atoms with Crippen LogP contribution in [-0.2, 0) is 0 Å². The minimum absolute atomic E-state index is 0.149. The van der Waals surface area contributed by atoms with Crippen LogP contribution in [-0.4, -0.2) is 6.61 Å². The average Bonchev–Trinajstić information content (AvgIpc) is 3.12. The molecule has 1 heterocycles. The van der Waals surface area contributed by atoms with Gasteiger partial charge in [-0.15, -0.1) is 0 Å². The Morgan fingerprint density at radius 2 is 2.00 bits per heavy atom. The standard InChI is InChI=1S/C22H23Cl2NO/c1-13(2)12-26-14-9-10-20-18(11-14)15-5-3-6-16(15)22(25-20)17-7-4-8-19(23)21(17)24/h3-5,7-11,13,15-16,22,25H,6,12H2,1-2H3. The van der Waals surface area contributed by atoms with Crippen LogP contribution in [0.5, 0.6) is 5.75 Å². The van der Waals surface area contributed by atoms with Crippen LogP contribution < -0.4 is 10.1 Å². The highest BCUT2D eigenvalue weighted by Crippen LogP contribution is 2.51. The number of benzene rings is 2. The Morgan fingerprint density at radius 3 is 2.81 bits per heavy atom. The van der Waals surface area contributed by atoms with Gasteiger partial charge in [-0.1, -0.05) is 61.3 Å². The predicted molar refractivity (Wildman–Crippen MR) is 110 cm³/mol. The Kier molecular flexibility index (Phi) is 4.90. The number of halogens is 2. The van der Waals surface area contributed by atoms with Crippen molar-refractivity contribution in [3.63, 3.8) is 0 Å². The van der Waals surface area contributed by atoms with Crippen LogP contribution in [0.15, 0.2) is 48.6 Å². The molecule has 26 heavy (non-hydrogen) atoms. The van der Waals surface area contributed by atoms with E-state index in [2.05, 4.69) is 49.5 Å². The van der Waals surface area contributed by atoms with E-state index < -0.39 is 0 Å². The van der Waals surface area contributed by atoms with Gasteiger partial charge in [0, 0.05) is 11.6 Å². The first kappa shape index (κ1) is 17.8. The van der Waals surface area contributed by atoms with Crippen LogP contribution in [0.1, 0.15) is 43.4 Å². The van der Waals surface area contributed by atoms with Crippen LogP contribution in [0, 0.1) is 11.8 Å². The van der Waals surface area contributed by atoms with Gasteiger partial charge in [-0.2, -0.15) is 0 Å². The fraction of sp³-hybridized carbons (Fsp3) is 0.364. The summed E-state index contributed by atoms with van der Waals surface area (Å²) in [6, 6.07) is 12.4. The van der Waals surface area contributed by atoms with Crippen molar-refractivity contribution in [2.75, 3.05) is 11.9 Å². The minimum atomic E-state index is 0.149. The molecule has 0 saturated heterocycles. The van der Waals surface area contributed by atoms with Crippen molar-refractivity contribution in [2.45, 2.75) is 32.2 Å². The molecule has 136 valence electrons. The van der Waals surface area contributed by atoms with Crippen LogP contribution in [0.4, 0.5) is 5.69 Å². The lowest BCUT2D eigenvalue weighted by Crippen LogP contribution is -2.29. The molecule has 0 aromatic heterocycles. The number of rotatable bonds is 4. The van der Waals surface area contributed by atoms with Gasteiger partial charge in [0.05, 0.1) is 22.7 Å². The number of hydrogen-bond acceptors (Lipinski definition) is 2. The van der Waals surface area contributed by atoms with E-state index in [1.165, 1.54) is 5.56 Å². The molecule has 1 aliphatic heterocycles. The van der Waals surface area contributed by atoms with E-state index in [1.54, 1.807) is 0 Å². The highest BCUT2D eigenvalue weighted by Gasteiger charge is 2.39. The lowest BCUT2D eigenvalue weighted by Gasteiger charge is -2.38. The summed E-state index contributed by atoms with van der Waals surface area (Å²) >= 11 is 12.8. The van der Waals surface area contributed by atoms with Crippen molar-refractivity contribution in [3.8, 4) is 5.75 Å². The van der Waals surface area contributed by atoms with E-state index in [0.29, 0.717) is 27.8 Å². The predicted octanol–water partition coefficient (Wildman–Crippen LogP) is 6.85. The second kappa shape index (κ2) is 7.17.